The molecule has 1 aromatic carbocycles. The van der Waals surface area contributed by atoms with E-state index in [0.29, 0.717) is 27.1 Å². The molecule has 1 amide bonds. The van der Waals surface area contributed by atoms with Crippen LogP contribution in [-0.2, 0) is 0 Å². The van der Waals surface area contributed by atoms with Crippen LogP contribution >= 0.6 is 22.9 Å². The first kappa shape index (κ1) is 17.2. The monoisotopic (exact) mass is 354 g/mol. The molecule has 1 aromatic heterocycles. The fraction of sp³-hybridized carbons (Fsp3) is 0.267. The number of rotatable bonds is 6. The highest BCUT2D eigenvalue weighted by atomic mass is 35.5. The number of hydrogen-bond acceptors (Lipinski definition) is 5. The fourth-order valence-corrected chi connectivity index (χ4v) is 3.08. The third kappa shape index (κ3) is 4.20. The lowest BCUT2D eigenvalue weighted by Gasteiger charge is -2.16. The lowest BCUT2D eigenvalue weighted by Crippen LogP contribution is -2.30. The van der Waals surface area contributed by atoms with E-state index in [0.717, 1.165) is 11.3 Å². The summed E-state index contributed by atoms with van der Waals surface area (Å²) in [4.78, 5) is 25.0. The number of carbonyl (C=O) groups is 1. The number of carbonyl (C=O) groups excluding carboxylic acids is 1. The van der Waals surface area contributed by atoms with E-state index in [-0.39, 0.29) is 18.2 Å². The molecule has 0 aliphatic rings. The number of nitrogens with zero attached hydrogens (tertiary/aromatic N) is 2. The molecule has 6 nitrogen and oxygen atoms in total. The van der Waals surface area contributed by atoms with Crippen molar-refractivity contribution < 1.29 is 14.5 Å². The highest BCUT2D eigenvalue weighted by Crippen LogP contribution is 2.28. The van der Waals surface area contributed by atoms with Crippen LogP contribution in [0.2, 0.25) is 5.02 Å². The fourth-order valence-electron chi connectivity index (χ4n) is 1.90. The lowest BCUT2D eigenvalue weighted by molar-refractivity contribution is -0.385. The van der Waals surface area contributed by atoms with Gasteiger partial charge in [-0.15, -0.1) is 11.3 Å². The largest absolute Gasteiger partial charge is 0.490 e. The number of likely N-dealkylation sites (N-methyl/N-ethyl adjacent to an activating group) is 1. The Labute approximate surface area is 142 Å². The maximum absolute atomic E-state index is 12.3. The Morgan fingerprint density at radius 2 is 2.13 bits per heavy atom. The summed E-state index contributed by atoms with van der Waals surface area (Å²) in [6, 6.07) is 8.39. The molecule has 0 bridgehead atoms. The molecule has 23 heavy (non-hydrogen) atoms. The normalized spacial score (nSPS) is 10.4. The first-order valence-corrected chi connectivity index (χ1v) is 7.97. The van der Waals surface area contributed by atoms with Gasteiger partial charge in [0.05, 0.1) is 26.2 Å². The van der Waals surface area contributed by atoms with Crippen LogP contribution in [0.3, 0.4) is 0 Å². The number of para-hydroxylation sites is 1. The van der Waals surface area contributed by atoms with Gasteiger partial charge in [0.15, 0.2) is 0 Å². The van der Waals surface area contributed by atoms with Gasteiger partial charge in [-0.3, -0.25) is 14.9 Å². The maximum atomic E-state index is 12.3. The van der Waals surface area contributed by atoms with Gasteiger partial charge in [-0.05, 0) is 19.1 Å². The molecule has 0 saturated heterocycles. The van der Waals surface area contributed by atoms with E-state index in [9.17, 15) is 14.9 Å². The average molecular weight is 355 g/mol. The zero-order valence-corrected chi connectivity index (χ0v) is 14.2. The molecule has 0 saturated carbocycles. The number of benzene rings is 1. The van der Waals surface area contributed by atoms with Crippen molar-refractivity contribution in [2.45, 2.75) is 6.92 Å². The molecular formula is C15H15ClN2O4S. The topological polar surface area (TPSA) is 72.7 Å². The third-order valence-electron chi connectivity index (χ3n) is 3.17. The van der Waals surface area contributed by atoms with Gasteiger partial charge in [0, 0.05) is 13.1 Å². The van der Waals surface area contributed by atoms with Crippen LogP contribution in [0, 0.1) is 17.0 Å². The molecule has 2 aromatic rings. The summed E-state index contributed by atoms with van der Waals surface area (Å²) in [5, 5.41) is 11.3. The summed E-state index contributed by atoms with van der Waals surface area (Å²) in [5.74, 6) is 0.284. The van der Waals surface area contributed by atoms with Crippen molar-refractivity contribution in [3.05, 3.63) is 55.2 Å². The highest BCUT2D eigenvalue weighted by Gasteiger charge is 2.21. The van der Waals surface area contributed by atoms with Crippen LogP contribution in [0.25, 0.3) is 0 Å². The van der Waals surface area contributed by atoms with Crippen LogP contribution in [0.15, 0.2) is 30.3 Å². The van der Waals surface area contributed by atoms with Crippen molar-refractivity contribution in [2.24, 2.45) is 0 Å². The first-order valence-electron chi connectivity index (χ1n) is 6.77. The number of aryl methyl sites for hydroxylation is 1. The standard InChI is InChI=1S/C15H15ClN2O4S/c1-10-12(18(20)21)9-14(23-10)15(19)17(2)7-8-22-13-6-4-3-5-11(13)16/h3-6,9H,7-8H2,1-2H3. The van der Waals surface area contributed by atoms with Gasteiger partial charge in [-0.1, -0.05) is 23.7 Å². The number of amides is 1. The summed E-state index contributed by atoms with van der Waals surface area (Å²) in [6.45, 7) is 2.24. The molecule has 0 radical (unpaired) electrons. The summed E-state index contributed by atoms with van der Waals surface area (Å²) < 4.78 is 5.53. The molecule has 0 spiro atoms. The van der Waals surface area contributed by atoms with Crippen molar-refractivity contribution >= 4 is 34.5 Å². The Balaban J connectivity index is 1.94. The van der Waals surface area contributed by atoms with E-state index >= 15 is 0 Å². The van der Waals surface area contributed by atoms with Crippen LogP contribution in [0.5, 0.6) is 5.75 Å². The summed E-state index contributed by atoms with van der Waals surface area (Å²) in [5.41, 5.74) is -0.0286. The molecule has 0 atom stereocenters. The molecule has 122 valence electrons. The molecular weight excluding hydrogens is 340 g/mol. The van der Waals surface area contributed by atoms with Crippen LogP contribution in [0.1, 0.15) is 14.5 Å². The SMILES string of the molecule is Cc1sc(C(=O)N(C)CCOc2ccccc2Cl)cc1[N+](=O)[O-]. The van der Waals surface area contributed by atoms with Crippen molar-refractivity contribution in [1.29, 1.82) is 0 Å². The Morgan fingerprint density at radius 1 is 1.43 bits per heavy atom. The average Bonchev–Trinajstić information content (AvgIpc) is 2.90. The summed E-state index contributed by atoms with van der Waals surface area (Å²) in [6.07, 6.45) is 0. The Bertz CT molecular complexity index is 732. The predicted molar refractivity (Wildman–Crippen MR) is 89.6 cm³/mol. The van der Waals surface area contributed by atoms with Gasteiger partial charge in [0.2, 0.25) is 0 Å². The first-order chi connectivity index (χ1) is 10.9. The van der Waals surface area contributed by atoms with E-state index in [1.807, 2.05) is 6.07 Å². The number of hydrogen-bond donors (Lipinski definition) is 0. The van der Waals surface area contributed by atoms with Gasteiger partial charge in [0.1, 0.15) is 12.4 Å². The third-order valence-corrected chi connectivity index (χ3v) is 4.51. The molecule has 0 fully saturated rings. The van der Waals surface area contributed by atoms with Gasteiger partial charge < -0.3 is 9.64 Å². The van der Waals surface area contributed by atoms with Gasteiger partial charge >= 0.3 is 0 Å². The van der Waals surface area contributed by atoms with E-state index in [2.05, 4.69) is 0 Å². The Morgan fingerprint density at radius 3 is 2.74 bits per heavy atom. The predicted octanol–water partition coefficient (Wildman–Crippen LogP) is 3.77. The second-order valence-electron chi connectivity index (χ2n) is 4.81. The summed E-state index contributed by atoms with van der Waals surface area (Å²) in [7, 11) is 1.62. The van der Waals surface area contributed by atoms with Crippen LogP contribution in [0.4, 0.5) is 5.69 Å². The smallest absolute Gasteiger partial charge is 0.283 e. The Kier molecular flexibility index (Phi) is 5.57. The molecule has 0 aliphatic carbocycles. The Hall–Kier alpha value is -2.12. The van der Waals surface area contributed by atoms with Crippen molar-refractivity contribution in [3.8, 4) is 5.75 Å². The van der Waals surface area contributed by atoms with E-state index in [1.165, 1.54) is 11.0 Å². The maximum Gasteiger partial charge on any atom is 0.283 e. The minimum atomic E-state index is -0.483. The van der Waals surface area contributed by atoms with Crippen molar-refractivity contribution in [2.75, 3.05) is 20.2 Å². The van der Waals surface area contributed by atoms with Crippen LogP contribution in [-0.4, -0.2) is 35.9 Å². The highest BCUT2D eigenvalue weighted by molar-refractivity contribution is 7.14. The molecule has 1 heterocycles. The molecule has 0 unspecified atom stereocenters. The molecule has 0 N–H and O–H groups in total. The number of nitro groups is 1. The second-order valence-corrected chi connectivity index (χ2v) is 6.48. The number of ether oxygens (including phenoxy) is 1. The zero-order chi connectivity index (χ0) is 17.0. The zero-order valence-electron chi connectivity index (χ0n) is 12.6. The number of thiophene rings is 1. The minimum absolute atomic E-state index is 0.0286. The molecule has 8 heteroatoms. The van der Waals surface area contributed by atoms with E-state index in [1.54, 1.807) is 32.2 Å². The lowest BCUT2D eigenvalue weighted by atomic mass is 10.3. The van der Waals surface area contributed by atoms with E-state index < -0.39 is 4.92 Å². The van der Waals surface area contributed by atoms with Gasteiger partial charge in [-0.25, -0.2) is 0 Å². The summed E-state index contributed by atoms with van der Waals surface area (Å²) >= 11 is 7.10. The molecule has 2 rings (SSSR count). The second kappa shape index (κ2) is 7.43. The van der Waals surface area contributed by atoms with Crippen LogP contribution < -0.4 is 4.74 Å². The quantitative estimate of drug-likeness (QED) is 0.584. The molecule has 0 aliphatic heterocycles. The van der Waals surface area contributed by atoms with E-state index in [4.69, 9.17) is 16.3 Å². The van der Waals surface area contributed by atoms with Crippen molar-refractivity contribution in [3.63, 3.8) is 0 Å². The van der Waals surface area contributed by atoms with Gasteiger partial charge in [0.25, 0.3) is 11.6 Å². The van der Waals surface area contributed by atoms with Crippen molar-refractivity contribution in [1.82, 2.24) is 4.90 Å². The minimum Gasteiger partial charge on any atom is -0.490 e. The van der Waals surface area contributed by atoms with Gasteiger partial charge in [-0.2, -0.15) is 0 Å². The number of halogens is 1.